The highest BCUT2D eigenvalue weighted by atomic mass is 32.1. The van der Waals surface area contributed by atoms with Crippen LogP contribution in [0.5, 0.6) is 0 Å². The summed E-state index contributed by atoms with van der Waals surface area (Å²) in [5, 5.41) is 0.771. The van der Waals surface area contributed by atoms with Crippen LogP contribution in [0.1, 0.15) is 37.5 Å². The van der Waals surface area contributed by atoms with Crippen molar-refractivity contribution in [1.29, 1.82) is 0 Å². The summed E-state index contributed by atoms with van der Waals surface area (Å²) >= 11 is 1.30. The second-order valence-electron chi connectivity index (χ2n) is 4.47. The highest BCUT2D eigenvalue weighted by Crippen LogP contribution is 2.21. The van der Waals surface area contributed by atoms with Gasteiger partial charge in [0, 0.05) is 12.7 Å². The number of hydrogen-bond donors (Lipinski definition) is 0. The van der Waals surface area contributed by atoms with Gasteiger partial charge in [0.2, 0.25) is 0 Å². The van der Waals surface area contributed by atoms with E-state index in [1.54, 1.807) is 14.0 Å². The SMILES string of the molecule is COCc1nc(C)c(C(=O)OCc2cc(C)oc2C)s1. The number of furan rings is 1. The summed E-state index contributed by atoms with van der Waals surface area (Å²) < 4.78 is 15.7. The van der Waals surface area contributed by atoms with Gasteiger partial charge in [0.15, 0.2) is 0 Å². The Hall–Kier alpha value is -1.66. The Morgan fingerprint density at radius 2 is 2.10 bits per heavy atom. The van der Waals surface area contributed by atoms with E-state index in [-0.39, 0.29) is 12.6 Å². The van der Waals surface area contributed by atoms with Crippen molar-refractivity contribution in [2.24, 2.45) is 0 Å². The average molecular weight is 295 g/mol. The van der Waals surface area contributed by atoms with Gasteiger partial charge < -0.3 is 13.9 Å². The van der Waals surface area contributed by atoms with E-state index < -0.39 is 0 Å². The molecule has 0 fully saturated rings. The third-order valence-electron chi connectivity index (χ3n) is 2.80. The fraction of sp³-hybridized carbons (Fsp3) is 0.429. The summed E-state index contributed by atoms with van der Waals surface area (Å²) in [5.74, 6) is 1.22. The number of thiazole rings is 1. The molecule has 0 saturated carbocycles. The van der Waals surface area contributed by atoms with Crippen molar-refractivity contribution in [3.05, 3.63) is 38.7 Å². The molecule has 108 valence electrons. The zero-order valence-corrected chi connectivity index (χ0v) is 12.8. The maximum Gasteiger partial charge on any atom is 0.350 e. The highest BCUT2D eigenvalue weighted by molar-refractivity contribution is 7.13. The van der Waals surface area contributed by atoms with Crippen molar-refractivity contribution >= 4 is 17.3 Å². The standard InChI is InChI=1S/C14H17NO4S/c1-8-5-11(10(3)19-8)6-18-14(16)13-9(2)15-12(20-13)7-17-4/h5H,6-7H2,1-4H3. The predicted molar refractivity (Wildman–Crippen MR) is 74.9 cm³/mol. The van der Waals surface area contributed by atoms with Crippen LogP contribution in [0.3, 0.4) is 0 Å². The summed E-state index contributed by atoms with van der Waals surface area (Å²) in [6.45, 7) is 6.12. The van der Waals surface area contributed by atoms with Gasteiger partial charge in [0.05, 0.1) is 12.3 Å². The van der Waals surface area contributed by atoms with Crippen LogP contribution in [0, 0.1) is 20.8 Å². The van der Waals surface area contributed by atoms with Gasteiger partial charge in [-0.3, -0.25) is 0 Å². The van der Waals surface area contributed by atoms with Gasteiger partial charge >= 0.3 is 5.97 Å². The lowest BCUT2D eigenvalue weighted by molar-refractivity contribution is 0.0476. The lowest BCUT2D eigenvalue weighted by Crippen LogP contribution is -2.05. The topological polar surface area (TPSA) is 61.6 Å². The number of rotatable bonds is 5. The lowest BCUT2D eigenvalue weighted by Gasteiger charge is -2.02. The van der Waals surface area contributed by atoms with Crippen LogP contribution in [-0.4, -0.2) is 18.1 Å². The van der Waals surface area contributed by atoms with Crippen molar-refractivity contribution in [3.8, 4) is 0 Å². The van der Waals surface area contributed by atoms with Crippen molar-refractivity contribution in [2.45, 2.75) is 34.0 Å². The minimum Gasteiger partial charge on any atom is -0.466 e. The van der Waals surface area contributed by atoms with Gasteiger partial charge in [-0.15, -0.1) is 11.3 Å². The van der Waals surface area contributed by atoms with Crippen molar-refractivity contribution in [3.63, 3.8) is 0 Å². The van der Waals surface area contributed by atoms with E-state index in [1.807, 2.05) is 19.9 Å². The molecule has 2 aromatic rings. The first-order valence-corrected chi connectivity index (χ1v) is 7.01. The second kappa shape index (κ2) is 6.19. The van der Waals surface area contributed by atoms with Crippen LogP contribution in [0.4, 0.5) is 0 Å². The van der Waals surface area contributed by atoms with E-state index in [1.165, 1.54) is 11.3 Å². The molecular weight excluding hydrogens is 278 g/mol. The molecule has 0 aromatic carbocycles. The Labute approximate surface area is 121 Å². The molecule has 0 saturated heterocycles. The van der Waals surface area contributed by atoms with Crippen LogP contribution < -0.4 is 0 Å². The minimum atomic E-state index is -0.361. The number of carbonyl (C=O) groups excluding carboxylic acids is 1. The molecule has 6 heteroatoms. The van der Waals surface area contributed by atoms with Crippen LogP contribution in [0.15, 0.2) is 10.5 Å². The second-order valence-corrected chi connectivity index (χ2v) is 5.55. The number of aryl methyl sites for hydroxylation is 3. The lowest BCUT2D eigenvalue weighted by atomic mass is 10.2. The Bertz CT molecular complexity index is 615. The molecule has 2 heterocycles. The van der Waals surface area contributed by atoms with Gasteiger partial charge in [-0.1, -0.05) is 0 Å². The molecule has 0 amide bonds. The highest BCUT2D eigenvalue weighted by Gasteiger charge is 2.17. The zero-order chi connectivity index (χ0) is 14.7. The largest absolute Gasteiger partial charge is 0.466 e. The number of carbonyl (C=O) groups is 1. The number of esters is 1. The van der Waals surface area contributed by atoms with E-state index in [4.69, 9.17) is 13.9 Å². The summed E-state index contributed by atoms with van der Waals surface area (Å²) in [4.78, 5) is 16.8. The Morgan fingerprint density at radius 1 is 1.35 bits per heavy atom. The van der Waals surface area contributed by atoms with Gasteiger partial charge in [-0.25, -0.2) is 9.78 Å². The molecule has 20 heavy (non-hydrogen) atoms. The molecule has 0 aliphatic rings. The molecule has 2 rings (SSSR count). The first-order chi connectivity index (χ1) is 9.51. The molecular formula is C14H17NO4S. The Kier molecular flexibility index (Phi) is 4.57. The van der Waals surface area contributed by atoms with E-state index in [0.717, 1.165) is 22.1 Å². The van der Waals surface area contributed by atoms with E-state index >= 15 is 0 Å². The third kappa shape index (κ3) is 3.26. The van der Waals surface area contributed by atoms with E-state index in [9.17, 15) is 4.79 Å². The van der Waals surface area contributed by atoms with Crippen molar-refractivity contribution in [1.82, 2.24) is 4.98 Å². The average Bonchev–Trinajstić information content (AvgIpc) is 2.90. The predicted octanol–water partition coefficient (Wildman–Crippen LogP) is 3.16. The maximum atomic E-state index is 12.1. The molecule has 0 N–H and O–H groups in total. The summed E-state index contributed by atoms with van der Waals surface area (Å²) in [6.07, 6.45) is 0. The molecule has 0 spiro atoms. The Balaban J connectivity index is 2.03. The minimum absolute atomic E-state index is 0.207. The molecule has 0 atom stereocenters. The first kappa shape index (κ1) is 14.7. The number of hydrogen-bond acceptors (Lipinski definition) is 6. The van der Waals surface area contributed by atoms with Crippen LogP contribution in [0.25, 0.3) is 0 Å². The monoisotopic (exact) mass is 295 g/mol. The molecule has 0 aliphatic carbocycles. The molecule has 5 nitrogen and oxygen atoms in total. The van der Waals surface area contributed by atoms with Crippen LogP contribution in [0.2, 0.25) is 0 Å². The number of aromatic nitrogens is 1. The van der Waals surface area contributed by atoms with Crippen molar-refractivity contribution in [2.75, 3.05) is 7.11 Å². The summed E-state index contributed by atoms with van der Waals surface area (Å²) in [6, 6.07) is 1.87. The first-order valence-electron chi connectivity index (χ1n) is 6.19. The number of nitrogens with zero attached hydrogens (tertiary/aromatic N) is 1. The quantitative estimate of drug-likeness (QED) is 0.793. The molecule has 2 aromatic heterocycles. The van der Waals surface area contributed by atoms with Crippen molar-refractivity contribution < 1.29 is 18.7 Å². The zero-order valence-electron chi connectivity index (χ0n) is 12.0. The maximum absolute atomic E-state index is 12.1. The number of methoxy groups -OCH3 is 1. The van der Waals surface area contributed by atoms with E-state index in [2.05, 4.69) is 4.98 Å². The fourth-order valence-corrected chi connectivity index (χ4v) is 2.79. The molecule has 0 bridgehead atoms. The van der Waals surface area contributed by atoms with E-state index in [0.29, 0.717) is 17.2 Å². The van der Waals surface area contributed by atoms with Crippen LogP contribution >= 0.6 is 11.3 Å². The van der Waals surface area contributed by atoms with Gasteiger partial charge in [0.25, 0.3) is 0 Å². The summed E-state index contributed by atoms with van der Waals surface area (Å²) in [5.41, 5.74) is 1.56. The van der Waals surface area contributed by atoms with Gasteiger partial charge in [0.1, 0.15) is 28.0 Å². The fourth-order valence-electron chi connectivity index (χ4n) is 1.86. The molecule has 0 unspecified atom stereocenters. The van der Waals surface area contributed by atoms with Gasteiger partial charge in [-0.05, 0) is 26.8 Å². The molecule has 0 aliphatic heterocycles. The smallest absolute Gasteiger partial charge is 0.350 e. The van der Waals surface area contributed by atoms with Gasteiger partial charge in [-0.2, -0.15) is 0 Å². The Morgan fingerprint density at radius 3 is 2.70 bits per heavy atom. The van der Waals surface area contributed by atoms with Crippen LogP contribution in [-0.2, 0) is 22.7 Å². The molecule has 0 radical (unpaired) electrons. The third-order valence-corrected chi connectivity index (χ3v) is 3.91. The number of ether oxygens (including phenoxy) is 2. The normalized spacial score (nSPS) is 10.8. The summed E-state index contributed by atoms with van der Waals surface area (Å²) in [7, 11) is 1.60.